The third kappa shape index (κ3) is 5.80. The maximum absolute atomic E-state index is 11.8. The molecule has 0 amide bonds. The number of carbonyl (C=O) groups is 1. The maximum atomic E-state index is 11.8. The molecule has 22 heavy (non-hydrogen) atoms. The van der Waals surface area contributed by atoms with E-state index in [1.807, 2.05) is 19.9 Å². The summed E-state index contributed by atoms with van der Waals surface area (Å²) in [4.78, 5) is 11.8. The van der Waals surface area contributed by atoms with Crippen molar-refractivity contribution in [2.45, 2.75) is 78.2 Å². The number of allylic oxidation sites excluding steroid dienone is 5. The SMILES string of the molecule is CCCCCC(C)(C)N(O)C=C1C=CC(=O)C(CCCC)=C1. The molecule has 0 spiro atoms. The van der Waals surface area contributed by atoms with Crippen LogP contribution in [0, 0.1) is 0 Å². The first-order chi connectivity index (χ1) is 10.4. The van der Waals surface area contributed by atoms with Crippen LogP contribution >= 0.6 is 0 Å². The van der Waals surface area contributed by atoms with E-state index in [2.05, 4.69) is 13.8 Å². The Hall–Kier alpha value is -1.35. The fourth-order valence-electron chi connectivity index (χ4n) is 2.48. The maximum Gasteiger partial charge on any atom is 0.181 e. The van der Waals surface area contributed by atoms with Crippen LogP contribution in [0.3, 0.4) is 0 Å². The zero-order valence-corrected chi connectivity index (χ0v) is 14.6. The Morgan fingerprint density at radius 1 is 1.14 bits per heavy atom. The molecule has 0 aromatic carbocycles. The Morgan fingerprint density at radius 2 is 1.82 bits per heavy atom. The number of hydrogen-bond acceptors (Lipinski definition) is 3. The highest BCUT2D eigenvalue weighted by molar-refractivity contribution is 6.06. The summed E-state index contributed by atoms with van der Waals surface area (Å²) in [6.45, 7) is 8.38. The van der Waals surface area contributed by atoms with Crippen LogP contribution in [-0.4, -0.2) is 21.6 Å². The van der Waals surface area contributed by atoms with Crippen LogP contribution in [0.5, 0.6) is 0 Å². The lowest BCUT2D eigenvalue weighted by Gasteiger charge is -2.33. The van der Waals surface area contributed by atoms with Crippen molar-refractivity contribution >= 4 is 5.78 Å². The van der Waals surface area contributed by atoms with Crippen LogP contribution in [0.4, 0.5) is 0 Å². The van der Waals surface area contributed by atoms with Gasteiger partial charge in [-0.05, 0) is 56.9 Å². The van der Waals surface area contributed by atoms with E-state index in [1.165, 1.54) is 17.9 Å². The first kappa shape index (κ1) is 18.7. The molecule has 0 saturated heterocycles. The smallest absolute Gasteiger partial charge is 0.181 e. The van der Waals surface area contributed by atoms with E-state index in [4.69, 9.17) is 0 Å². The zero-order chi connectivity index (χ0) is 16.6. The van der Waals surface area contributed by atoms with Crippen molar-refractivity contribution in [2.75, 3.05) is 0 Å². The van der Waals surface area contributed by atoms with E-state index in [0.717, 1.165) is 43.3 Å². The highest BCUT2D eigenvalue weighted by atomic mass is 16.5. The van der Waals surface area contributed by atoms with Crippen molar-refractivity contribution in [1.82, 2.24) is 5.06 Å². The summed E-state index contributed by atoms with van der Waals surface area (Å²) >= 11 is 0. The van der Waals surface area contributed by atoms with Gasteiger partial charge in [0.1, 0.15) is 0 Å². The minimum Gasteiger partial charge on any atom is -0.290 e. The van der Waals surface area contributed by atoms with E-state index in [-0.39, 0.29) is 11.3 Å². The van der Waals surface area contributed by atoms with Crippen LogP contribution in [-0.2, 0) is 4.79 Å². The van der Waals surface area contributed by atoms with E-state index in [1.54, 1.807) is 18.4 Å². The summed E-state index contributed by atoms with van der Waals surface area (Å²) in [5, 5.41) is 11.7. The van der Waals surface area contributed by atoms with Gasteiger partial charge in [-0.15, -0.1) is 0 Å². The Bertz CT molecular complexity index is 458. The van der Waals surface area contributed by atoms with Gasteiger partial charge in [0.25, 0.3) is 0 Å². The van der Waals surface area contributed by atoms with Crippen LogP contribution in [0.25, 0.3) is 0 Å². The average molecular weight is 305 g/mol. The van der Waals surface area contributed by atoms with Crippen LogP contribution < -0.4 is 0 Å². The average Bonchev–Trinajstić information content (AvgIpc) is 2.47. The third-order valence-corrected chi connectivity index (χ3v) is 4.17. The number of hydrogen-bond donors (Lipinski definition) is 1. The third-order valence-electron chi connectivity index (χ3n) is 4.17. The molecule has 0 saturated carbocycles. The van der Waals surface area contributed by atoms with Crippen LogP contribution in [0.15, 0.2) is 35.6 Å². The van der Waals surface area contributed by atoms with Gasteiger partial charge in [-0.25, -0.2) is 0 Å². The Balaban J connectivity index is 2.75. The minimum atomic E-state index is -0.297. The first-order valence-electron chi connectivity index (χ1n) is 8.53. The fraction of sp³-hybridized carbons (Fsp3) is 0.632. The predicted octanol–water partition coefficient (Wildman–Crippen LogP) is 5.18. The molecule has 0 aromatic rings. The number of unbranched alkanes of at least 4 members (excludes halogenated alkanes) is 3. The molecule has 1 aliphatic rings. The highest BCUT2D eigenvalue weighted by Gasteiger charge is 2.23. The van der Waals surface area contributed by atoms with Gasteiger partial charge in [0.05, 0.1) is 5.54 Å². The Labute approximate surface area is 135 Å². The molecule has 1 N–H and O–H groups in total. The number of nitrogens with zero attached hydrogens (tertiary/aromatic N) is 1. The standard InChI is InChI=1S/C19H31NO2/c1-5-7-9-13-19(3,4)20(22)15-16-11-12-18(21)17(14-16)10-8-6-2/h11-12,14-15,22H,5-10,13H2,1-4H3. The number of ketones is 1. The van der Waals surface area contributed by atoms with E-state index in [0.29, 0.717) is 0 Å². The first-order valence-corrected chi connectivity index (χ1v) is 8.53. The fourth-order valence-corrected chi connectivity index (χ4v) is 2.48. The second-order valence-electron chi connectivity index (χ2n) is 6.71. The molecule has 1 rings (SSSR count). The molecule has 0 bridgehead atoms. The second-order valence-corrected chi connectivity index (χ2v) is 6.71. The van der Waals surface area contributed by atoms with Crippen molar-refractivity contribution in [2.24, 2.45) is 0 Å². The molecule has 3 heteroatoms. The van der Waals surface area contributed by atoms with Crippen molar-refractivity contribution in [1.29, 1.82) is 0 Å². The lowest BCUT2D eigenvalue weighted by molar-refractivity contribution is -0.121. The molecular weight excluding hydrogens is 274 g/mol. The molecule has 0 unspecified atom stereocenters. The van der Waals surface area contributed by atoms with Gasteiger partial charge >= 0.3 is 0 Å². The molecule has 0 aliphatic heterocycles. The van der Waals surface area contributed by atoms with Gasteiger partial charge in [-0.2, -0.15) is 0 Å². The zero-order valence-electron chi connectivity index (χ0n) is 14.6. The van der Waals surface area contributed by atoms with Gasteiger partial charge < -0.3 is 0 Å². The summed E-state index contributed by atoms with van der Waals surface area (Å²) in [6, 6.07) is 0. The molecule has 0 fully saturated rings. The quantitative estimate of drug-likeness (QED) is 0.471. The number of rotatable bonds is 9. The predicted molar refractivity (Wildman–Crippen MR) is 91.7 cm³/mol. The monoisotopic (exact) mass is 305 g/mol. The van der Waals surface area contributed by atoms with E-state index >= 15 is 0 Å². The van der Waals surface area contributed by atoms with Crippen LogP contribution in [0.1, 0.15) is 72.6 Å². The molecular formula is C19H31NO2. The Kier molecular flexibility index (Phi) is 7.60. The molecule has 0 heterocycles. The second kappa shape index (κ2) is 8.94. The largest absolute Gasteiger partial charge is 0.290 e. The van der Waals surface area contributed by atoms with Gasteiger partial charge in [-0.1, -0.05) is 39.5 Å². The molecule has 0 aromatic heterocycles. The Morgan fingerprint density at radius 3 is 2.45 bits per heavy atom. The topological polar surface area (TPSA) is 40.5 Å². The molecule has 3 nitrogen and oxygen atoms in total. The lowest BCUT2D eigenvalue weighted by Crippen LogP contribution is -2.38. The summed E-state index contributed by atoms with van der Waals surface area (Å²) in [6.07, 6.45) is 14.3. The summed E-state index contributed by atoms with van der Waals surface area (Å²) < 4.78 is 0. The number of hydroxylamine groups is 2. The van der Waals surface area contributed by atoms with Crippen molar-refractivity contribution in [3.8, 4) is 0 Å². The van der Waals surface area contributed by atoms with Gasteiger partial charge in [0.2, 0.25) is 0 Å². The van der Waals surface area contributed by atoms with Crippen LogP contribution in [0.2, 0.25) is 0 Å². The summed E-state index contributed by atoms with van der Waals surface area (Å²) in [7, 11) is 0. The van der Waals surface area contributed by atoms with Crippen molar-refractivity contribution in [3.63, 3.8) is 0 Å². The van der Waals surface area contributed by atoms with Gasteiger partial charge in [0, 0.05) is 11.8 Å². The molecule has 124 valence electrons. The summed E-state index contributed by atoms with van der Waals surface area (Å²) in [5.41, 5.74) is 1.43. The number of carbonyl (C=O) groups excluding carboxylic acids is 1. The summed E-state index contributed by atoms with van der Waals surface area (Å²) in [5.74, 6) is 0.0947. The molecule has 1 aliphatic carbocycles. The van der Waals surface area contributed by atoms with E-state index < -0.39 is 0 Å². The van der Waals surface area contributed by atoms with E-state index in [9.17, 15) is 10.0 Å². The van der Waals surface area contributed by atoms with Crippen molar-refractivity contribution < 1.29 is 10.0 Å². The normalized spacial score (nSPS) is 17.0. The minimum absolute atomic E-state index is 0.0947. The molecule has 0 radical (unpaired) electrons. The molecule has 0 atom stereocenters. The lowest BCUT2D eigenvalue weighted by atomic mass is 9.95. The van der Waals surface area contributed by atoms with Gasteiger partial charge in [-0.3, -0.25) is 15.1 Å². The van der Waals surface area contributed by atoms with Crippen molar-refractivity contribution in [3.05, 3.63) is 35.6 Å². The highest BCUT2D eigenvalue weighted by Crippen LogP contribution is 2.24. The van der Waals surface area contributed by atoms with Gasteiger partial charge in [0.15, 0.2) is 5.78 Å².